The molecule has 0 saturated carbocycles. The van der Waals surface area contributed by atoms with Crippen LogP contribution in [0, 0.1) is 10.1 Å². The third kappa shape index (κ3) is 1.97. The zero-order valence-corrected chi connectivity index (χ0v) is 10.00. The topological polar surface area (TPSA) is 91.3 Å². The summed E-state index contributed by atoms with van der Waals surface area (Å²) < 4.78 is 5.41. The van der Waals surface area contributed by atoms with E-state index < -0.39 is 4.92 Å². The van der Waals surface area contributed by atoms with E-state index >= 15 is 0 Å². The Morgan fingerprint density at radius 2 is 2.16 bits per heavy atom. The lowest BCUT2D eigenvalue weighted by atomic mass is 10.0. The van der Waals surface area contributed by atoms with Crippen LogP contribution in [0.25, 0.3) is 11.3 Å². The number of hydrogen-bond donors (Lipinski definition) is 1. The third-order valence-electron chi connectivity index (χ3n) is 3.06. The predicted octanol–water partition coefficient (Wildman–Crippen LogP) is 2.17. The van der Waals surface area contributed by atoms with Crippen molar-refractivity contribution in [3.05, 3.63) is 46.0 Å². The second kappa shape index (κ2) is 4.24. The Kier molecular flexibility index (Phi) is 2.56. The Morgan fingerprint density at radius 3 is 2.95 bits per heavy atom. The summed E-state index contributed by atoms with van der Waals surface area (Å²) in [6.07, 6.45) is 0.805. The number of anilines is 1. The molecule has 1 aromatic heterocycles. The van der Waals surface area contributed by atoms with Gasteiger partial charge in [0.25, 0.3) is 5.69 Å². The number of pyridine rings is 1. The molecular formula is C13H11N3O3. The first-order valence-electron chi connectivity index (χ1n) is 5.82. The van der Waals surface area contributed by atoms with Gasteiger partial charge in [-0.3, -0.25) is 10.1 Å². The van der Waals surface area contributed by atoms with E-state index in [-0.39, 0.29) is 11.5 Å². The van der Waals surface area contributed by atoms with Gasteiger partial charge < -0.3 is 10.5 Å². The molecule has 3 rings (SSSR count). The fraction of sp³-hybridized carbons (Fsp3) is 0.154. The lowest BCUT2D eigenvalue weighted by Crippen LogP contribution is -1.98. The summed E-state index contributed by atoms with van der Waals surface area (Å²) >= 11 is 0. The molecule has 0 unspecified atom stereocenters. The number of fused-ring (bicyclic) bond motifs is 1. The van der Waals surface area contributed by atoms with Crippen LogP contribution >= 0.6 is 0 Å². The number of aromatic nitrogens is 1. The third-order valence-corrected chi connectivity index (χ3v) is 3.06. The van der Waals surface area contributed by atoms with Gasteiger partial charge in [0.1, 0.15) is 11.6 Å². The van der Waals surface area contributed by atoms with Crippen LogP contribution in [0.1, 0.15) is 5.56 Å². The van der Waals surface area contributed by atoms with Crippen LogP contribution in [0.15, 0.2) is 30.3 Å². The fourth-order valence-electron chi connectivity index (χ4n) is 2.16. The largest absolute Gasteiger partial charge is 0.493 e. The second-order valence-electron chi connectivity index (χ2n) is 4.28. The van der Waals surface area contributed by atoms with Crippen molar-refractivity contribution in [3.8, 4) is 17.0 Å². The number of nitrogens with zero attached hydrogens (tertiary/aromatic N) is 2. The lowest BCUT2D eigenvalue weighted by Gasteiger charge is -2.05. The van der Waals surface area contributed by atoms with Crippen LogP contribution in [-0.4, -0.2) is 16.5 Å². The molecule has 0 fully saturated rings. The van der Waals surface area contributed by atoms with Gasteiger partial charge >= 0.3 is 0 Å². The minimum Gasteiger partial charge on any atom is -0.493 e. The average Bonchev–Trinajstić information content (AvgIpc) is 2.85. The van der Waals surface area contributed by atoms with Crippen molar-refractivity contribution in [2.45, 2.75) is 6.42 Å². The van der Waals surface area contributed by atoms with E-state index in [0.29, 0.717) is 17.9 Å². The Labute approximate surface area is 109 Å². The zero-order valence-electron chi connectivity index (χ0n) is 10.00. The molecule has 2 N–H and O–H groups in total. The number of benzene rings is 1. The van der Waals surface area contributed by atoms with Crippen molar-refractivity contribution in [1.82, 2.24) is 4.98 Å². The van der Waals surface area contributed by atoms with Gasteiger partial charge in [-0.25, -0.2) is 4.98 Å². The van der Waals surface area contributed by atoms with Crippen LogP contribution in [0.5, 0.6) is 5.75 Å². The van der Waals surface area contributed by atoms with Gasteiger partial charge in [0, 0.05) is 18.1 Å². The first-order valence-corrected chi connectivity index (χ1v) is 5.82. The summed E-state index contributed by atoms with van der Waals surface area (Å²) in [7, 11) is 0. The van der Waals surface area contributed by atoms with Crippen molar-refractivity contribution < 1.29 is 9.66 Å². The van der Waals surface area contributed by atoms with E-state index in [0.717, 1.165) is 17.7 Å². The lowest BCUT2D eigenvalue weighted by molar-refractivity contribution is -0.384. The van der Waals surface area contributed by atoms with Crippen LogP contribution in [0.2, 0.25) is 0 Å². The fourth-order valence-corrected chi connectivity index (χ4v) is 2.16. The summed E-state index contributed by atoms with van der Waals surface area (Å²) in [6, 6.07) is 8.25. The summed E-state index contributed by atoms with van der Waals surface area (Å²) in [6.45, 7) is 0.644. The van der Waals surface area contributed by atoms with Gasteiger partial charge in [0.05, 0.1) is 11.5 Å². The van der Waals surface area contributed by atoms with E-state index in [1.54, 1.807) is 6.07 Å². The zero-order chi connectivity index (χ0) is 13.4. The molecule has 1 aliphatic heterocycles. The minimum atomic E-state index is -0.453. The molecule has 0 aliphatic carbocycles. The van der Waals surface area contributed by atoms with Crippen LogP contribution < -0.4 is 10.5 Å². The van der Waals surface area contributed by atoms with Crippen molar-refractivity contribution in [2.24, 2.45) is 0 Å². The maximum atomic E-state index is 11.0. The van der Waals surface area contributed by atoms with Crippen molar-refractivity contribution in [3.63, 3.8) is 0 Å². The highest BCUT2D eigenvalue weighted by Crippen LogP contribution is 2.33. The SMILES string of the molecule is Nc1ccc([N+](=O)[O-])c(-c2ccc3c(c2)CCO3)n1. The monoisotopic (exact) mass is 257 g/mol. The van der Waals surface area contributed by atoms with Gasteiger partial charge in [-0.15, -0.1) is 0 Å². The van der Waals surface area contributed by atoms with Gasteiger partial charge in [-0.2, -0.15) is 0 Å². The molecule has 2 aromatic rings. The maximum Gasteiger partial charge on any atom is 0.295 e. The molecule has 0 bridgehead atoms. The molecule has 2 heterocycles. The van der Waals surface area contributed by atoms with E-state index in [2.05, 4.69) is 4.98 Å². The highest BCUT2D eigenvalue weighted by atomic mass is 16.6. The molecule has 96 valence electrons. The minimum absolute atomic E-state index is 0.0481. The molecule has 0 radical (unpaired) electrons. The molecule has 0 amide bonds. The molecule has 0 atom stereocenters. The highest BCUT2D eigenvalue weighted by molar-refractivity contribution is 5.72. The summed E-state index contributed by atoms with van der Waals surface area (Å²) in [5.74, 6) is 1.09. The number of nitro groups is 1. The summed E-state index contributed by atoms with van der Waals surface area (Å²) in [4.78, 5) is 14.7. The molecule has 6 heteroatoms. The standard InChI is InChI=1S/C13H11N3O3/c14-12-4-2-10(16(17)18)13(15-12)9-1-3-11-8(7-9)5-6-19-11/h1-4,7H,5-6H2,(H2,14,15). The molecule has 1 aliphatic rings. The van der Waals surface area contributed by atoms with E-state index in [1.165, 1.54) is 12.1 Å². The molecule has 1 aromatic carbocycles. The molecule has 0 saturated heterocycles. The first-order chi connectivity index (χ1) is 9.15. The maximum absolute atomic E-state index is 11.0. The number of hydrogen-bond acceptors (Lipinski definition) is 5. The Hall–Kier alpha value is -2.63. The number of nitrogen functional groups attached to an aromatic ring is 1. The van der Waals surface area contributed by atoms with Gasteiger partial charge in [0.2, 0.25) is 0 Å². The molecule has 0 spiro atoms. The van der Waals surface area contributed by atoms with Crippen LogP contribution in [0.3, 0.4) is 0 Å². The average molecular weight is 257 g/mol. The Morgan fingerprint density at radius 1 is 1.32 bits per heavy atom. The highest BCUT2D eigenvalue weighted by Gasteiger charge is 2.20. The second-order valence-corrected chi connectivity index (χ2v) is 4.28. The quantitative estimate of drug-likeness (QED) is 0.657. The molecule has 19 heavy (non-hydrogen) atoms. The molecular weight excluding hydrogens is 246 g/mol. The van der Waals surface area contributed by atoms with E-state index in [9.17, 15) is 10.1 Å². The first kappa shape index (κ1) is 11.5. The van der Waals surface area contributed by atoms with E-state index in [1.807, 2.05) is 12.1 Å². The summed E-state index contributed by atoms with van der Waals surface area (Å²) in [5, 5.41) is 11.0. The Bertz CT molecular complexity index is 670. The number of nitrogens with two attached hydrogens (primary N) is 1. The normalized spacial score (nSPS) is 12.8. The van der Waals surface area contributed by atoms with Gasteiger partial charge in [0.15, 0.2) is 5.69 Å². The predicted molar refractivity (Wildman–Crippen MR) is 69.9 cm³/mol. The van der Waals surface area contributed by atoms with E-state index in [4.69, 9.17) is 10.5 Å². The van der Waals surface area contributed by atoms with Crippen molar-refractivity contribution in [2.75, 3.05) is 12.3 Å². The van der Waals surface area contributed by atoms with Gasteiger partial charge in [-0.1, -0.05) is 0 Å². The smallest absolute Gasteiger partial charge is 0.295 e. The number of ether oxygens (including phenoxy) is 1. The van der Waals surface area contributed by atoms with Crippen LogP contribution in [0.4, 0.5) is 11.5 Å². The van der Waals surface area contributed by atoms with Crippen molar-refractivity contribution >= 4 is 11.5 Å². The van der Waals surface area contributed by atoms with Crippen LogP contribution in [-0.2, 0) is 6.42 Å². The number of rotatable bonds is 2. The van der Waals surface area contributed by atoms with Gasteiger partial charge in [-0.05, 0) is 29.8 Å². The molecule has 6 nitrogen and oxygen atoms in total. The Balaban J connectivity index is 2.16. The summed E-state index contributed by atoms with van der Waals surface area (Å²) in [5.41, 5.74) is 7.58. The van der Waals surface area contributed by atoms with Crippen molar-refractivity contribution in [1.29, 1.82) is 0 Å².